The minimum atomic E-state index is -0.824. The number of nitro groups is 1. The van der Waals surface area contributed by atoms with Crippen LogP contribution in [-0.4, -0.2) is 11.5 Å². The fraction of sp³-hybridized carbons (Fsp3) is 0.250. The Morgan fingerprint density at radius 1 is 1.57 bits per heavy atom. The molecule has 0 saturated heterocycles. The highest BCUT2D eigenvalue weighted by molar-refractivity contribution is 5.36. The lowest BCUT2D eigenvalue weighted by Crippen LogP contribution is -2.06. The van der Waals surface area contributed by atoms with Crippen LogP contribution >= 0.6 is 0 Å². The molecule has 1 rings (SSSR count). The van der Waals surface area contributed by atoms with Crippen LogP contribution < -0.4 is 5.90 Å². The molecule has 0 aliphatic rings. The lowest BCUT2D eigenvalue weighted by molar-refractivity contribution is -0.387. The van der Waals surface area contributed by atoms with Crippen molar-refractivity contribution in [2.24, 2.45) is 5.90 Å². The van der Waals surface area contributed by atoms with Crippen molar-refractivity contribution in [3.05, 3.63) is 39.7 Å². The van der Waals surface area contributed by atoms with Crippen LogP contribution in [0.15, 0.2) is 18.2 Å². The predicted molar refractivity (Wildman–Crippen MR) is 46.9 cm³/mol. The lowest BCUT2D eigenvalue weighted by Gasteiger charge is -2.01. The van der Waals surface area contributed by atoms with Crippen molar-refractivity contribution >= 4 is 5.69 Å². The van der Waals surface area contributed by atoms with Crippen LogP contribution in [0.25, 0.3) is 0 Å². The zero-order chi connectivity index (χ0) is 10.6. The second-order valence-corrected chi connectivity index (χ2v) is 2.63. The Labute approximate surface area is 79.4 Å². The van der Waals surface area contributed by atoms with Gasteiger partial charge in [-0.25, -0.2) is 5.90 Å². The first-order valence-corrected chi connectivity index (χ1v) is 3.90. The van der Waals surface area contributed by atoms with Crippen LogP contribution in [0, 0.1) is 15.9 Å². The van der Waals surface area contributed by atoms with E-state index in [2.05, 4.69) is 4.84 Å². The van der Waals surface area contributed by atoms with Gasteiger partial charge in [0.1, 0.15) is 0 Å². The zero-order valence-corrected chi connectivity index (χ0v) is 7.27. The summed E-state index contributed by atoms with van der Waals surface area (Å²) in [5.41, 5.74) is -0.302. The number of nitrogens with two attached hydrogens (primary N) is 1. The molecule has 2 N–H and O–H groups in total. The Kier molecular flexibility index (Phi) is 3.49. The first-order chi connectivity index (χ1) is 6.66. The predicted octanol–water partition coefficient (Wildman–Crippen LogP) is 1.17. The average molecular weight is 200 g/mol. The van der Waals surface area contributed by atoms with Crippen LogP contribution in [-0.2, 0) is 11.3 Å². The van der Waals surface area contributed by atoms with Crippen molar-refractivity contribution in [2.45, 2.75) is 6.42 Å². The quantitative estimate of drug-likeness (QED) is 0.584. The molecular weight excluding hydrogens is 191 g/mol. The maximum absolute atomic E-state index is 13.3. The third kappa shape index (κ3) is 2.24. The fourth-order valence-corrected chi connectivity index (χ4v) is 1.07. The van der Waals surface area contributed by atoms with Gasteiger partial charge in [-0.2, -0.15) is 4.39 Å². The second kappa shape index (κ2) is 4.64. The molecule has 0 unspecified atom stereocenters. The molecule has 0 heterocycles. The Hall–Kier alpha value is -1.53. The Morgan fingerprint density at radius 2 is 2.29 bits per heavy atom. The van der Waals surface area contributed by atoms with Crippen LogP contribution in [0.2, 0.25) is 0 Å². The van der Waals surface area contributed by atoms with Crippen molar-refractivity contribution in [3.8, 4) is 0 Å². The maximum Gasteiger partial charge on any atom is 0.305 e. The topological polar surface area (TPSA) is 78.4 Å². The molecule has 1 aromatic carbocycles. The van der Waals surface area contributed by atoms with Gasteiger partial charge in [0.25, 0.3) is 0 Å². The lowest BCUT2D eigenvalue weighted by atomic mass is 10.1. The van der Waals surface area contributed by atoms with Crippen molar-refractivity contribution in [1.29, 1.82) is 0 Å². The fourth-order valence-electron chi connectivity index (χ4n) is 1.07. The number of rotatable bonds is 4. The molecule has 0 spiro atoms. The van der Waals surface area contributed by atoms with Gasteiger partial charge in [-0.1, -0.05) is 12.1 Å². The van der Waals surface area contributed by atoms with E-state index in [9.17, 15) is 14.5 Å². The molecule has 1 aromatic rings. The SMILES string of the molecule is NOCCc1cccc([N+](=O)[O-])c1F. The highest BCUT2D eigenvalue weighted by atomic mass is 19.1. The van der Waals surface area contributed by atoms with E-state index in [1.807, 2.05) is 0 Å². The van der Waals surface area contributed by atoms with E-state index in [1.165, 1.54) is 12.1 Å². The molecule has 14 heavy (non-hydrogen) atoms. The van der Waals surface area contributed by atoms with Gasteiger partial charge >= 0.3 is 5.69 Å². The largest absolute Gasteiger partial charge is 0.305 e. The number of halogens is 1. The molecule has 0 bridgehead atoms. The summed E-state index contributed by atoms with van der Waals surface area (Å²) in [6, 6.07) is 4.00. The summed E-state index contributed by atoms with van der Waals surface area (Å²) in [6.07, 6.45) is 0.212. The summed E-state index contributed by atoms with van der Waals surface area (Å²) in [5, 5.41) is 10.4. The van der Waals surface area contributed by atoms with Gasteiger partial charge in [-0.05, 0) is 5.56 Å². The first-order valence-electron chi connectivity index (χ1n) is 3.90. The van der Waals surface area contributed by atoms with E-state index in [1.54, 1.807) is 0 Å². The molecule has 5 nitrogen and oxygen atoms in total. The smallest absolute Gasteiger partial charge is 0.304 e. The second-order valence-electron chi connectivity index (χ2n) is 2.63. The highest BCUT2D eigenvalue weighted by Crippen LogP contribution is 2.20. The van der Waals surface area contributed by atoms with E-state index in [0.29, 0.717) is 0 Å². The minimum Gasteiger partial charge on any atom is -0.304 e. The number of nitro benzene ring substituents is 1. The zero-order valence-electron chi connectivity index (χ0n) is 7.27. The molecule has 0 saturated carbocycles. The molecule has 0 radical (unpaired) electrons. The molecule has 0 amide bonds. The molecule has 0 aliphatic carbocycles. The number of hydrogen-bond donors (Lipinski definition) is 1. The monoisotopic (exact) mass is 200 g/mol. The van der Waals surface area contributed by atoms with Gasteiger partial charge in [0.15, 0.2) is 0 Å². The highest BCUT2D eigenvalue weighted by Gasteiger charge is 2.16. The average Bonchev–Trinajstić information content (AvgIpc) is 2.16. The number of nitrogens with zero attached hydrogens (tertiary/aromatic N) is 1. The van der Waals surface area contributed by atoms with E-state index in [-0.39, 0.29) is 18.6 Å². The van der Waals surface area contributed by atoms with Crippen molar-refractivity contribution in [3.63, 3.8) is 0 Å². The summed E-state index contributed by atoms with van der Waals surface area (Å²) >= 11 is 0. The van der Waals surface area contributed by atoms with Crippen LogP contribution in [0.1, 0.15) is 5.56 Å². The van der Waals surface area contributed by atoms with Crippen LogP contribution in [0.4, 0.5) is 10.1 Å². The van der Waals surface area contributed by atoms with Crippen molar-refractivity contribution in [2.75, 3.05) is 6.61 Å². The van der Waals surface area contributed by atoms with Gasteiger partial charge in [0.2, 0.25) is 5.82 Å². The maximum atomic E-state index is 13.3. The number of benzene rings is 1. The summed E-state index contributed by atoms with van der Waals surface area (Å²) in [7, 11) is 0. The van der Waals surface area contributed by atoms with Gasteiger partial charge < -0.3 is 4.84 Å². The van der Waals surface area contributed by atoms with E-state index >= 15 is 0 Å². The van der Waals surface area contributed by atoms with Crippen molar-refractivity contribution < 1.29 is 14.2 Å². The van der Waals surface area contributed by atoms with Gasteiger partial charge in [0.05, 0.1) is 11.5 Å². The summed E-state index contributed by atoms with van der Waals surface area (Å²) in [5.74, 6) is 3.94. The van der Waals surface area contributed by atoms with Crippen molar-refractivity contribution in [1.82, 2.24) is 0 Å². The molecule has 0 atom stereocenters. The molecule has 0 aromatic heterocycles. The summed E-state index contributed by atoms with van der Waals surface area (Å²) in [4.78, 5) is 13.9. The molecule has 6 heteroatoms. The molecule has 0 aliphatic heterocycles. The minimum absolute atomic E-state index is 0.123. The summed E-state index contributed by atoms with van der Waals surface area (Å²) in [6.45, 7) is 0.123. The number of hydrogen-bond acceptors (Lipinski definition) is 4. The third-order valence-electron chi connectivity index (χ3n) is 1.74. The Bertz CT molecular complexity index is 343. The molecule has 0 fully saturated rings. The third-order valence-corrected chi connectivity index (χ3v) is 1.74. The van der Waals surface area contributed by atoms with Gasteiger partial charge in [-0.3, -0.25) is 10.1 Å². The van der Waals surface area contributed by atoms with Gasteiger partial charge in [0, 0.05) is 12.5 Å². The standard InChI is InChI=1S/C8H9FN2O3/c9-8-6(4-5-14-10)2-1-3-7(8)11(12)13/h1-3H,4-5,10H2. The van der Waals surface area contributed by atoms with E-state index < -0.39 is 16.4 Å². The van der Waals surface area contributed by atoms with Crippen LogP contribution in [0.5, 0.6) is 0 Å². The van der Waals surface area contributed by atoms with Gasteiger partial charge in [-0.15, -0.1) is 0 Å². The normalized spacial score (nSPS) is 10.1. The van der Waals surface area contributed by atoms with E-state index in [0.717, 1.165) is 6.07 Å². The van der Waals surface area contributed by atoms with E-state index in [4.69, 9.17) is 5.90 Å². The Balaban J connectivity index is 2.95. The molecular formula is C8H9FN2O3. The Morgan fingerprint density at radius 3 is 2.86 bits per heavy atom. The first kappa shape index (κ1) is 10.6. The summed E-state index contributed by atoms with van der Waals surface area (Å²) < 4.78 is 13.3. The van der Waals surface area contributed by atoms with Crippen LogP contribution in [0.3, 0.4) is 0 Å². The molecule has 76 valence electrons.